The number of aromatic nitrogens is 2. The summed E-state index contributed by atoms with van der Waals surface area (Å²) in [6.07, 6.45) is 0. The second-order valence-electron chi connectivity index (χ2n) is 7.80. The Kier molecular flexibility index (Phi) is 5.30. The van der Waals surface area contributed by atoms with Crippen LogP contribution >= 0.6 is 0 Å². The summed E-state index contributed by atoms with van der Waals surface area (Å²) in [5.74, 6) is -0.922. The van der Waals surface area contributed by atoms with Crippen molar-refractivity contribution >= 4 is 16.6 Å². The van der Waals surface area contributed by atoms with E-state index in [-0.39, 0.29) is 0 Å². The molecule has 1 aromatic heterocycles. The highest BCUT2D eigenvalue weighted by Gasteiger charge is 2.21. The van der Waals surface area contributed by atoms with Gasteiger partial charge in [0.1, 0.15) is 5.69 Å². The Hall–Kier alpha value is -3.38. The van der Waals surface area contributed by atoms with Gasteiger partial charge in [0.25, 0.3) is 0 Å². The van der Waals surface area contributed by atoms with Crippen molar-refractivity contribution in [1.82, 2.24) is 15.1 Å². The van der Waals surface area contributed by atoms with Gasteiger partial charge in [-0.1, -0.05) is 54.6 Å². The first kappa shape index (κ1) is 19.6. The van der Waals surface area contributed by atoms with Gasteiger partial charge in [0.15, 0.2) is 17.5 Å². The van der Waals surface area contributed by atoms with Crippen molar-refractivity contribution in [2.45, 2.75) is 6.54 Å². The molecule has 0 bridgehead atoms. The van der Waals surface area contributed by atoms with E-state index in [0.717, 1.165) is 55.4 Å². The number of piperazine rings is 1. The molecular weight excluding hydrogens is 394 g/mol. The van der Waals surface area contributed by atoms with Crippen molar-refractivity contribution < 1.29 is 8.78 Å². The molecule has 0 aliphatic carbocycles. The van der Waals surface area contributed by atoms with Crippen LogP contribution in [-0.4, -0.2) is 41.3 Å². The maximum atomic E-state index is 13.8. The van der Waals surface area contributed by atoms with Crippen molar-refractivity contribution in [3.63, 3.8) is 0 Å². The summed E-state index contributed by atoms with van der Waals surface area (Å²) in [6, 6.07) is 22.2. The van der Waals surface area contributed by atoms with Crippen LogP contribution in [0.4, 0.5) is 14.6 Å². The number of hydrogen-bond donors (Lipinski definition) is 0. The lowest BCUT2D eigenvalue weighted by atomic mass is 10.0. The zero-order chi connectivity index (χ0) is 21.2. The van der Waals surface area contributed by atoms with Crippen LogP contribution in [0.25, 0.3) is 22.0 Å². The topological polar surface area (TPSA) is 32.3 Å². The van der Waals surface area contributed by atoms with Gasteiger partial charge in [0.05, 0.1) is 0 Å². The number of halogens is 2. The van der Waals surface area contributed by atoms with E-state index in [2.05, 4.69) is 44.3 Å². The molecule has 0 saturated carbocycles. The summed E-state index contributed by atoms with van der Waals surface area (Å²) in [4.78, 5) is 4.70. The maximum absolute atomic E-state index is 13.8. The minimum Gasteiger partial charge on any atom is -0.352 e. The van der Waals surface area contributed by atoms with Gasteiger partial charge in [-0.05, 0) is 23.8 Å². The van der Waals surface area contributed by atoms with Gasteiger partial charge in [-0.2, -0.15) is 0 Å². The zero-order valence-corrected chi connectivity index (χ0v) is 17.0. The number of hydrogen-bond acceptors (Lipinski definition) is 4. The first-order valence-corrected chi connectivity index (χ1v) is 10.4. The molecule has 4 nitrogen and oxygen atoms in total. The fourth-order valence-corrected chi connectivity index (χ4v) is 4.14. The van der Waals surface area contributed by atoms with Gasteiger partial charge in [-0.3, -0.25) is 4.90 Å². The van der Waals surface area contributed by atoms with Gasteiger partial charge in [-0.25, -0.2) is 8.78 Å². The third-order valence-corrected chi connectivity index (χ3v) is 5.78. The van der Waals surface area contributed by atoms with E-state index >= 15 is 0 Å². The number of benzene rings is 3. The summed E-state index contributed by atoms with van der Waals surface area (Å²) < 4.78 is 27.2. The lowest BCUT2D eigenvalue weighted by molar-refractivity contribution is 0.249. The molecule has 156 valence electrons. The normalized spacial score (nSPS) is 14.8. The second-order valence-corrected chi connectivity index (χ2v) is 7.80. The molecule has 2 heterocycles. The molecule has 1 aliphatic heterocycles. The third-order valence-electron chi connectivity index (χ3n) is 5.78. The highest BCUT2D eigenvalue weighted by molar-refractivity contribution is 6.00. The van der Waals surface area contributed by atoms with Crippen molar-refractivity contribution in [2.24, 2.45) is 0 Å². The molecule has 0 radical (unpaired) electrons. The molecule has 0 unspecified atom stereocenters. The molecule has 0 amide bonds. The highest BCUT2D eigenvalue weighted by atomic mass is 19.2. The molecule has 0 N–H and O–H groups in total. The van der Waals surface area contributed by atoms with Crippen LogP contribution in [0.1, 0.15) is 5.56 Å². The molecule has 1 saturated heterocycles. The Morgan fingerprint density at radius 3 is 2.16 bits per heavy atom. The maximum Gasteiger partial charge on any atom is 0.159 e. The Balaban J connectivity index is 1.41. The predicted octanol–water partition coefficient (Wildman–Crippen LogP) is 4.90. The van der Waals surface area contributed by atoms with Crippen LogP contribution in [0.15, 0.2) is 72.8 Å². The summed E-state index contributed by atoms with van der Waals surface area (Å²) in [5.41, 5.74) is 2.39. The summed E-state index contributed by atoms with van der Waals surface area (Å²) >= 11 is 0. The molecule has 4 aromatic rings. The third kappa shape index (κ3) is 3.99. The van der Waals surface area contributed by atoms with Crippen molar-refractivity contribution in [1.29, 1.82) is 0 Å². The first-order valence-electron chi connectivity index (χ1n) is 10.4. The molecular formula is C25H22F2N4. The van der Waals surface area contributed by atoms with E-state index < -0.39 is 11.6 Å². The zero-order valence-electron chi connectivity index (χ0n) is 17.0. The van der Waals surface area contributed by atoms with Crippen LogP contribution in [0.3, 0.4) is 0 Å². The standard InChI is InChI=1S/C25H22F2N4/c26-22-11-10-19(16-23(22)27)24-20-8-4-5-9-21(20)25(29-28-24)31-14-12-30(13-15-31)17-18-6-2-1-3-7-18/h1-11,16H,12-15,17H2. The van der Waals surface area contributed by atoms with Gasteiger partial charge >= 0.3 is 0 Å². The monoisotopic (exact) mass is 416 g/mol. The molecule has 1 fully saturated rings. The first-order chi connectivity index (χ1) is 15.2. The second kappa shape index (κ2) is 8.40. The van der Waals surface area contributed by atoms with Crippen LogP contribution in [-0.2, 0) is 6.54 Å². The van der Waals surface area contributed by atoms with E-state index in [1.807, 2.05) is 30.3 Å². The number of anilines is 1. The van der Waals surface area contributed by atoms with Crippen LogP contribution < -0.4 is 4.90 Å². The summed E-state index contributed by atoms with van der Waals surface area (Å²) in [5, 5.41) is 10.8. The van der Waals surface area contributed by atoms with Crippen molar-refractivity contribution in [3.8, 4) is 11.3 Å². The summed E-state index contributed by atoms with van der Waals surface area (Å²) in [7, 11) is 0. The van der Waals surface area contributed by atoms with Crippen LogP contribution in [0.5, 0.6) is 0 Å². The molecule has 3 aromatic carbocycles. The predicted molar refractivity (Wildman–Crippen MR) is 119 cm³/mol. The highest BCUT2D eigenvalue weighted by Crippen LogP contribution is 2.32. The van der Waals surface area contributed by atoms with Crippen molar-refractivity contribution in [2.75, 3.05) is 31.1 Å². The smallest absolute Gasteiger partial charge is 0.159 e. The number of rotatable bonds is 4. The number of nitrogens with zero attached hydrogens (tertiary/aromatic N) is 4. The average Bonchev–Trinajstić information content (AvgIpc) is 2.81. The molecule has 1 aliphatic rings. The Bertz CT molecular complexity index is 1200. The van der Waals surface area contributed by atoms with E-state index in [4.69, 9.17) is 0 Å². The molecule has 31 heavy (non-hydrogen) atoms. The van der Waals surface area contributed by atoms with Crippen LogP contribution in [0.2, 0.25) is 0 Å². The SMILES string of the molecule is Fc1ccc(-c2nnc(N3CCN(Cc4ccccc4)CC3)c3ccccc23)cc1F. The lowest BCUT2D eigenvalue weighted by Gasteiger charge is -2.35. The minimum absolute atomic E-state index is 0.516. The quantitative estimate of drug-likeness (QED) is 0.474. The van der Waals surface area contributed by atoms with E-state index in [1.165, 1.54) is 17.7 Å². The Morgan fingerprint density at radius 2 is 1.42 bits per heavy atom. The van der Waals surface area contributed by atoms with Gasteiger partial charge in [0.2, 0.25) is 0 Å². The lowest BCUT2D eigenvalue weighted by Crippen LogP contribution is -2.46. The minimum atomic E-state index is -0.887. The van der Waals surface area contributed by atoms with E-state index in [1.54, 1.807) is 0 Å². The van der Waals surface area contributed by atoms with Crippen LogP contribution in [0, 0.1) is 11.6 Å². The van der Waals surface area contributed by atoms with Crippen molar-refractivity contribution in [3.05, 3.63) is 90.0 Å². The molecule has 0 spiro atoms. The Labute approximate surface area is 179 Å². The Morgan fingerprint density at radius 1 is 0.710 bits per heavy atom. The van der Waals surface area contributed by atoms with Gasteiger partial charge in [0, 0.05) is 49.1 Å². The van der Waals surface area contributed by atoms with Gasteiger partial charge < -0.3 is 4.90 Å². The molecule has 0 atom stereocenters. The average molecular weight is 416 g/mol. The number of fused-ring (bicyclic) bond motifs is 1. The van der Waals surface area contributed by atoms with E-state index in [0.29, 0.717) is 11.3 Å². The van der Waals surface area contributed by atoms with Gasteiger partial charge in [-0.15, -0.1) is 10.2 Å². The van der Waals surface area contributed by atoms with E-state index in [9.17, 15) is 8.78 Å². The largest absolute Gasteiger partial charge is 0.352 e. The molecule has 5 rings (SSSR count). The summed E-state index contributed by atoms with van der Waals surface area (Å²) in [6.45, 7) is 4.54. The fourth-order valence-electron chi connectivity index (χ4n) is 4.14. The molecule has 6 heteroatoms. The fraction of sp³-hybridized carbons (Fsp3) is 0.200.